The Morgan fingerprint density at radius 1 is 1.50 bits per heavy atom. The molecule has 0 radical (unpaired) electrons. The zero-order valence-electron chi connectivity index (χ0n) is 8.52. The van der Waals surface area contributed by atoms with Crippen LogP contribution in [-0.4, -0.2) is 29.8 Å². The van der Waals surface area contributed by atoms with Gasteiger partial charge in [-0.2, -0.15) is 0 Å². The Kier molecular flexibility index (Phi) is 3.65. The van der Waals surface area contributed by atoms with Gasteiger partial charge in [-0.3, -0.25) is 4.79 Å². The van der Waals surface area contributed by atoms with E-state index in [1.165, 1.54) is 0 Å². The van der Waals surface area contributed by atoms with Crippen LogP contribution in [0.5, 0.6) is 5.75 Å². The fraction of sp³-hybridized carbons (Fsp3) is 0.364. The summed E-state index contributed by atoms with van der Waals surface area (Å²) in [7, 11) is 0. The third-order valence-electron chi connectivity index (χ3n) is 2.52. The SMILES string of the molecule is O=C(O)C1CC(Oc2ccccc2I)CN1. The van der Waals surface area contributed by atoms with Crippen LogP contribution in [0.2, 0.25) is 0 Å². The van der Waals surface area contributed by atoms with E-state index in [1.807, 2.05) is 24.3 Å². The molecule has 1 aliphatic rings. The lowest BCUT2D eigenvalue weighted by Crippen LogP contribution is -2.30. The number of carboxylic acid groups (broad SMARTS) is 1. The van der Waals surface area contributed by atoms with Crippen LogP contribution < -0.4 is 10.1 Å². The first-order chi connectivity index (χ1) is 7.66. The quantitative estimate of drug-likeness (QED) is 0.823. The zero-order valence-corrected chi connectivity index (χ0v) is 10.7. The van der Waals surface area contributed by atoms with Crippen LogP contribution in [0, 0.1) is 3.57 Å². The molecular weight excluding hydrogens is 321 g/mol. The number of rotatable bonds is 3. The van der Waals surface area contributed by atoms with Crippen molar-refractivity contribution in [2.24, 2.45) is 0 Å². The number of ether oxygens (including phenoxy) is 1. The normalized spacial score (nSPS) is 24.3. The fourth-order valence-corrected chi connectivity index (χ4v) is 2.22. The summed E-state index contributed by atoms with van der Waals surface area (Å²) in [6, 6.07) is 7.24. The van der Waals surface area contributed by atoms with Crippen LogP contribution in [0.1, 0.15) is 6.42 Å². The van der Waals surface area contributed by atoms with Gasteiger partial charge in [0.15, 0.2) is 0 Å². The minimum Gasteiger partial charge on any atom is -0.488 e. The van der Waals surface area contributed by atoms with E-state index in [9.17, 15) is 4.79 Å². The Morgan fingerprint density at radius 2 is 2.25 bits per heavy atom. The van der Waals surface area contributed by atoms with Gasteiger partial charge < -0.3 is 15.2 Å². The standard InChI is InChI=1S/C11H12INO3/c12-8-3-1-2-4-10(8)16-7-5-9(11(14)15)13-6-7/h1-4,7,9,13H,5-6H2,(H,14,15). The minimum absolute atomic E-state index is 0.0583. The number of benzene rings is 1. The molecule has 1 saturated heterocycles. The molecule has 1 aromatic carbocycles. The summed E-state index contributed by atoms with van der Waals surface area (Å²) in [6.07, 6.45) is 0.456. The molecule has 0 aromatic heterocycles. The van der Waals surface area contributed by atoms with Crippen LogP contribution in [-0.2, 0) is 4.79 Å². The van der Waals surface area contributed by atoms with E-state index in [4.69, 9.17) is 9.84 Å². The lowest BCUT2D eigenvalue weighted by atomic mass is 10.2. The number of hydrogen-bond donors (Lipinski definition) is 2. The molecule has 0 bridgehead atoms. The molecule has 1 aromatic rings. The summed E-state index contributed by atoms with van der Waals surface area (Å²) in [5, 5.41) is 11.8. The number of carbonyl (C=O) groups is 1. The smallest absolute Gasteiger partial charge is 0.320 e. The molecular formula is C11H12INO3. The summed E-state index contributed by atoms with van der Waals surface area (Å²) in [4.78, 5) is 10.7. The Morgan fingerprint density at radius 3 is 2.88 bits per heavy atom. The molecule has 4 nitrogen and oxygen atoms in total. The maximum absolute atomic E-state index is 10.7. The van der Waals surface area contributed by atoms with Gasteiger partial charge in [0.1, 0.15) is 17.9 Å². The van der Waals surface area contributed by atoms with Crippen molar-refractivity contribution in [1.29, 1.82) is 0 Å². The average molecular weight is 333 g/mol. The molecule has 5 heteroatoms. The van der Waals surface area contributed by atoms with Crippen molar-refractivity contribution >= 4 is 28.6 Å². The highest BCUT2D eigenvalue weighted by atomic mass is 127. The molecule has 1 fully saturated rings. The number of para-hydroxylation sites is 1. The highest BCUT2D eigenvalue weighted by molar-refractivity contribution is 14.1. The predicted octanol–water partition coefficient (Wildman–Crippen LogP) is 1.49. The van der Waals surface area contributed by atoms with Crippen LogP contribution >= 0.6 is 22.6 Å². The molecule has 0 amide bonds. The van der Waals surface area contributed by atoms with E-state index in [0.717, 1.165) is 9.32 Å². The highest BCUT2D eigenvalue weighted by Crippen LogP contribution is 2.23. The van der Waals surface area contributed by atoms with Crippen LogP contribution in [0.25, 0.3) is 0 Å². The molecule has 2 rings (SSSR count). The molecule has 2 unspecified atom stereocenters. The Hall–Kier alpha value is -0.820. The van der Waals surface area contributed by atoms with E-state index in [2.05, 4.69) is 27.9 Å². The van der Waals surface area contributed by atoms with Crippen molar-refractivity contribution in [2.75, 3.05) is 6.54 Å². The van der Waals surface area contributed by atoms with Crippen molar-refractivity contribution in [3.63, 3.8) is 0 Å². The largest absolute Gasteiger partial charge is 0.488 e. The van der Waals surface area contributed by atoms with Crippen molar-refractivity contribution in [1.82, 2.24) is 5.32 Å². The maximum atomic E-state index is 10.7. The summed E-state index contributed by atoms with van der Waals surface area (Å²) in [6.45, 7) is 0.585. The number of halogens is 1. The molecule has 2 N–H and O–H groups in total. The van der Waals surface area contributed by atoms with Crippen molar-refractivity contribution in [3.8, 4) is 5.75 Å². The third-order valence-corrected chi connectivity index (χ3v) is 3.41. The van der Waals surface area contributed by atoms with Gasteiger partial charge in [0, 0.05) is 13.0 Å². The van der Waals surface area contributed by atoms with Crippen molar-refractivity contribution in [2.45, 2.75) is 18.6 Å². The lowest BCUT2D eigenvalue weighted by molar-refractivity contribution is -0.139. The molecule has 0 saturated carbocycles. The van der Waals surface area contributed by atoms with Crippen LogP contribution in [0.3, 0.4) is 0 Å². The highest BCUT2D eigenvalue weighted by Gasteiger charge is 2.30. The first-order valence-electron chi connectivity index (χ1n) is 5.04. The van der Waals surface area contributed by atoms with Gasteiger partial charge in [0.2, 0.25) is 0 Å². The molecule has 86 valence electrons. The van der Waals surface area contributed by atoms with Crippen LogP contribution in [0.4, 0.5) is 0 Å². The Balaban J connectivity index is 1.97. The number of carboxylic acids is 1. The first kappa shape index (κ1) is 11.7. The Labute approximate surface area is 107 Å². The van der Waals surface area contributed by atoms with Gasteiger partial charge in [-0.15, -0.1) is 0 Å². The molecule has 0 spiro atoms. The second-order valence-corrected chi connectivity index (χ2v) is 4.87. The van der Waals surface area contributed by atoms with Crippen LogP contribution in [0.15, 0.2) is 24.3 Å². The second kappa shape index (κ2) is 5.01. The maximum Gasteiger partial charge on any atom is 0.320 e. The van der Waals surface area contributed by atoms with E-state index in [1.54, 1.807) is 0 Å². The van der Waals surface area contributed by atoms with Crippen molar-refractivity contribution < 1.29 is 14.6 Å². The van der Waals surface area contributed by atoms with E-state index < -0.39 is 12.0 Å². The van der Waals surface area contributed by atoms with Gasteiger partial charge >= 0.3 is 5.97 Å². The average Bonchev–Trinajstić information content (AvgIpc) is 2.70. The monoisotopic (exact) mass is 333 g/mol. The van der Waals surface area contributed by atoms with Gasteiger partial charge in [-0.25, -0.2) is 0 Å². The summed E-state index contributed by atoms with van der Waals surface area (Å²) < 4.78 is 6.79. The van der Waals surface area contributed by atoms with Gasteiger partial charge in [0.25, 0.3) is 0 Å². The number of hydrogen-bond acceptors (Lipinski definition) is 3. The van der Waals surface area contributed by atoms with Gasteiger partial charge in [-0.1, -0.05) is 12.1 Å². The predicted molar refractivity (Wildman–Crippen MR) is 67.6 cm³/mol. The third kappa shape index (κ3) is 2.65. The lowest BCUT2D eigenvalue weighted by Gasteiger charge is -2.13. The number of nitrogens with one attached hydrogen (secondary N) is 1. The molecule has 1 aliphatic heterocycles. The summed E-state index contributed by atoms with van der Waals surface area (Å²) >= 11 is 2.20. The van der Waals surface area contributed by atoms with E-state index in [0.29, 0.717) is 13.0 Å². The molecule has 1 heterocycles. The summed E-state index contributed by atoms with van der Waals surface area (Å²) in [5.74, 6) is 0.00907. The number of aliphatic carboxylic acids is 1. The summed E-state index contributed by atoms with van der Waals surface area (Å²) in [5.41, 5.74) is 0. The van der Waals surface area contributed by atoms with Crippen molar-refractivity contribution in [3.05, 3.63) is 27.8 Å². The van der Waals surface area contributed by atoms with E-state index >= 15 is 0 Å². The second-order valence-electron chi connectivity index (χ2n) is 3.71. The molecule has 16 heavy (non-hydrogen) atoms. The Bertz CT molecular complexity index is 397. The topological polar surface area (TPSA) is 58.6 Å². The minimum atomic E-state index is -0.811. The zero-order chi connectivity index (χ0) is 11.5. The fourth-order valence-electron chi connectivity index (χ4n) is 1.70. The van der Waals surface area contributed by atoms with E-state index in [-0.39, 0.29) is 6.10 Å². The molecule has 0 aliphatic carbocycles. The first-order valence-corrected chi connectivity index (χ1v) is 6.12. The van der Waals surface area contributed by atoms with Gasteiger partial charge in [-0.05, 0) is 34.7 Å². The van der Waals surface area contributed by atoms with Gasteiger partial charge in [0.05, 0.1) is 3.57 Å². The molecule has 2 atom stereocenters.